The lowest BCUT2D eigenvalue weighted by molar-refractivity contribution is 0.306. The molecular formula is C25H18N6OS. The first-order valence-electron chi connectivity index (χ1n) is 10.4. The number of nitrogens with zero attached hydrogens (tertiary/aromatic N) is 5. The maximum absolute atomic E-state index is 8.61. The van der Waals surface area contributed by atoms with Crippen molar-refractivity contribution < 1.29 is 4.74 Å². The number of hydrogen-bond donors (Lipinski definition) is 1. The number of imidazole rings is 1. The Morgan fingerprint density at radius 3 is 2.61 bits per heavy atom. The molecule has 7 nitrogen and oxygen atoms in total. The number of benzene rings is 3. The molecule has 0 spiro atoms. The Kier molecular flexibility index (Phi) is 4.70. The number of para-hydroxylation sites is 2. The number of aromatic nitrogens is 4. The van der Waals surface area contributed by atoms with E-state index in [-0.39, 0.29) is 5.49 Å². The van der Waals surface area contributed by atoms with Crippen molar-refractivity contribution in [1.82, 2.24) is 19.0 Å². The van der Waals surface area contributed by atoms with Gasteiger partial charge in [-0.2, -0.15) is 5.10 Å². The third-order valence-corrected chi connectivity index (χ3v) is 6.37. The van der Waals surface area contributed by atoms with Crippen LogP contribution in [0, 0.1) is 5.41 Å². The molecular weight excluding hydrogens is 432 g/mol. The summed E-state index contributed by atoms with van der Waals surface area (Å²) in [6.07, 6.45) is 3.28. The molecule has 0 unspecified atom stereocenters. The molecule has 3 aromatic carbocycles. The van der Waals surface area contributed by atoms with Crippen LogP contribution in [0.5, 0.6) is 5.75 Å². The van der Waals surface area contributed by atoms with E-state index in [0.29, 0.717) is 6.61 Å². The van der Waals surface area contributed by atoms with Gasteiger partial charge >= 0.3 is 0 Å². The lowest BCUT2D eigenvalue weighted by Crippen LogP contribution is -2.16. The number of nitrogens with one attached hydrogen (secondary N) is 1. The summed E-state index contributed by atoms with van der Waals surface area (Å²) in [5, 5.41) is 13.1. The number of ether oxygens (including phenoxy) is 1. The number of rotatable bonds is 5. The molecule has 33 heavy (non-hydrogen) atoms. The monoisotopic (exact) mass is 450 g/mol. The van der Waals surface area contributed by atoms with Gasteiger partial charge in [-0.05, 0) is 47.5 Å². The van der Waals surface area contributed by atoms with E-state index in [0.717, 1.165) is 43.2 Å². The SMILES string of the molecule is N=c1c2sc3nc4ccccc4n3c2ncn1/N=C/c1ccc(OCc2ccccc2)cc1. The Morgan fingerprint density at radius 2 is 1.76 bits per heavy atom. The first-order chi connectivity index (χ1) is 16.3. The molecule has 0 atom stereocenters. The van der Waals surface area contributed by atoms with Crippen molar-refractivity contribution in [2.45, 2.75) is 6.61 Å². The summed E-state index contributed by atoms with van der Waals surface area (Å²) in [5.74, 6) is 0.794. The summed E-state index contributed by atoms with van der Waals surface area (Å²) in [6.45, 7) is 0.525. The highest BCUT2D eigenvalue weighted by Gasteiger charge is 2.14. The lowest BCUT2D eigenvalue weighted by atomic mass is 10.2. The standard InChI is InChI=1S/C25H18N6OS/c26-23-22-24(31-21-9-5-4-8-20(21)29-25(31)33-22)27-16-30(23)28-14-17-10-12-19(13-11-17)32-15-18-6-2-1-3-7-18/h1-14,16,26H,15H2/b26-23?,28-14+. The van der Waals surface area contributed by atoms with Crippen molar-refractivity contribution in [3.05, 3.63) is 102 Å². The van der Waals surface area contributed by atoms with Gasteiger partial charge in [0.1, 0.15) is 23.4 Å². The number of fused-ring (bicyclic) bond motifs is 5. The smallest absolute Gasteiger partial charge is 0.197 e. The minimum Gasteiger partial charge on any atom is -0.489 e. The van der Waals surface area contributed by atoms with Crippen LogP contribution in [0.2, 0.25) is 0 Å². The maximum atomic E-state index is 8.61. The van der Waals surface area contributed by atoms with Crippen molar-refractivity contribution in [3.63, 3.8) is 0 Å². The van der Waals surface area contributed by atoms with Gasteiger partial charge in [-0.25, -0.2) is 14.6 Å². The van der Waals surface area contributed by atoms with Crippen molar-refractivity contribution in [1.29, 1.82) is 5.41 Å². The molecule has 0 amide bonds. The summed E-state index contributed by atoms with van der Waals surface area (Å²) in [5.41, 5.74) is 4.94. The van der Waals surface area contributed by atoms with Crippen molar-refractivity contribution >= 4 is 43.9 Å². The van der Waals surface area contributed by atoms with Gasteiger partial charge in [0.25, 0.3) is 0 Å². The first-order valence-corrected chi connectivity index (χ1v) is 11.2. The van der Waals surface area contributed by atoms with Crippen LogP contribution in [0.1, 0.15) is 11.1 Å². The van der Waals surface area contributed by atoms with Gasteiger partial charge < -0.3 is 4.74 Å². The van der Waals surface area contributed by atoms with E-state index in [4.69, 9.17) is 10.1 Å². The zero-order valence-corrected chi connectivity index (χ0v) is 18.2. The van der Waals surface area contributed by atoms with E-state index in [1.165, 1.54) is 16.0 Å². The zero-order valence-electron chi connectivity index (χ0n) is 17.4. The molecule has 160 valence electrons. The van der Waals surface area contributed by atoms with Crippen LogP contribution in [0.4, 0.5) is 0 Å². The van der Waals surface area contributed by atoms with E-state index in [9.17, 15) is 0 Å². The third-order valence-electron chi connectivity index (χ3n) is 5.33. The maximum Gasteiger partial charge on any atom is 0.197 e. The molecule has 0 saturated heterocycles. The highest BCUT2D eigenvalue weighted by molar-refractivity contribution is 7.23. The van der Waals surface area contributed by atoms with Crippen LogP contribution in [-0.4, -0.2) is 25.3 Å². The van der Waals surface area contributed by atoms with Crippen LogP contribution in [-0.2, 0) is 6.61 Å². The molecule has 3 heterocycles. The molecule has 6 aromatic rings. The summed E-state index contributed by atoms with van der Waals surface area (Å²) in [6, 6.07) is 25.7. The molecule has 0 fully saturated rings. The van der Waals surface area contributed by atoms with Crippen LogP contribution in [0.15, 0.2) is 90.3 Å². The molecule has 3 aromatic heterocycles. The quantitative estimate of drug-likeness (QED) is 0.382. The second-order valence-electron chi connectivity index (χ2n) is 7.50. The van der Waals surface area contributed by atoms with Gasteiger partial charge in [0.05, 0.1) is 17.2 Å². The predicted octanol–water partition coefficient (Wildman–Crippen LogP) is 4.84. The molecule has 0 aliphatic carbocycles. The van der Waals surface area contributed by atoms with Gasteiger partial charge in [-0.15, -0.1) is 0 Å². The van der Waals surface area contributed by atoms with Gasteiger partial charge in [-0.3, -0.25) is 9.81 Å². The second-order valence-corrected chi connectivity index (χ2v) is 8.48. The van der Waals surface area contributed by atoms with Gasteiger partial charge in [0.2, 0.25) is 0 Å². The minimum atomic E-state index is 0.277. The number of hydrogen-bond acceptors (Lipinski definition) is 6. The topological polar surface area (TPSA) is 80.6 Å². The molecule has 1 N–H and O–H groups in total. The van der Waals surface area contributed by atoms with E-state index >= 15 is 0 Å². The van der Waals surface area contributed by atoms with Crippen molar-refractivity contribution in [2.24, 2.45) is 5.10 Å². The van der Waals surface area contributed by atoms with Crippen molar-refractivity contribution in [3.8, 4) is 5.75 Å². The Balaban J connectivity index is 1.25. The van der Waals surface area contributed by atoms with Gasteiger partial charge in [0.15, 0.2) is 16.1 Å². The molecule has 8 heteroatoms. The lowest BCUT2D eigenvalue weighted by Gasteiger charge is -2.06. The van der Waals surface area contributed by atoms with E-state index in [1.807, 2.05) is 83.3 Å². The zero-order chi connectivity index (χ0) is 22.2. The molecule has 0 saturated carbocycles. The summed E-state index contributed by atoms with van der Waals surface area (Å²) in [4.78, 5) is 10.1. The molecule has 6 rings (SSSR count). The fourth-order valence-corrected chi connectivity index (χ4v) is 4.69. The largest absolute Gasteiger partial charge is 0.489 e. The van der Waals surface area contributed by atoms with E-state index in [2.05, 4.69) is 15.1 Å². The third kappa shape index (κ3) is 3.56. The molecule has 0 radical (unpaired) electrons. The minimum absolute atomic E-state index is 0.277. The average Bonchev–Trinajstić information content (AvgIpc) is 3.40. The van der Waals surface area contributed by atoms with Gasteiger partial charge in [0, 0.05) is 0 Å². The Morgan fingerprint density at radius 1 is 0.970 bits per heavy atom. The van der Waals surface area contributed by atoms with Crippen LogP contribution in [0.3, 0.4) is 0 Å². The summed E-state index contributed by atoms with van der Waals surface area (Å²) < 4.78 is 10.0. The summed E-state index contributed by atoms with van der Waals surface area (Å²) in [7, 11) is 0. The average molecular weight is 451 g/mol. The first kappa shape index (κ1) is 19.4. The molecule has 0 aliphatic rings. The molecule has 0 aliphatic heterocycles. The van der Waals surface area contributed by atoms with E-state index < -0.39 is 0 Å². The van der Waals surface area contributed by atoms with Gasteiger partial charge in [-0.1, -0.05) is 53.8 Å². The highest BCUT2D eigenvalue weighted by atomic mass is 32.1. The second kappa shape index (κ2) is 7.99. The summed E-state index contributed by atoms with van der Waals surface area (Å²) >= 11 is 1.45. The van der Waals surface area contributed by atoms with Crippen LogP contribution < -0.4 is 10.2 Å². The molecule has 0 bridgehead atoms. The Bertz CT molecular complexity index is 1680. The fourth-order valence-electron chi connectivity index (χ4n) is 3.66. The Hall–Kier alpha value is -4.30. The van der Waals surface area contributed by atoms with Crippen molar-refractivity contribution in [2.75, 3.05) is 0 Å². The van der Waals surface area contributed by atoms with Crippen LogP contribution >= 0.6 is 11.3 Å². The predicted molar refractivity (Wildman–Crippen MR) is 130 cm³/mol. The Labute approximate surface area is 192 Å². The normalized spacial score (nSPS) is 11.8. The van der Waals surface area contributed by atoms with Crippen LogP contribution in [0.25, 0.3) is 26.3 Å². The van der Waals surface area contributed by atoms with E-state index in [1.54, 1.807) is 12.5 Å². The number of thiazole rings is 1. The highest BCUT2D eigenvalue weighted by Crippen LogP contribution is 2.26. The fraction of sp³-hybridized carbons (Fsp3) is 0.0400.